The van der Waals surface area contributed by atoms with Gasteiger partial charge in [0.2, 0.25) is 23.7 Å². The third kappa shape index (κ3) is 10.5. The van der Waals surface area contributed by atoms with Crippen LogP contribution in [0.1, 0.15) is 113 Å². The number of rotatable bonds is 11. The molecule has 4 atom stereocenters. The lowest BCUT2D eigenvalue weighted by Crippen LogP contribution is -2.58. The van der Waals surface area contributed by atoms with Crippen molar-refractivity contribution in [1.29, 1.82) is 0 Å². The van der Waals surface area contributed by atoms with E-state index in [4.69, 9.17) is 9.97 Å². The Labute approximate surface area is 428 Å². The van der Waals surface area contributed by atoms with E-state index in [1.165, 1.54) is 4.90 Å². The van der Waals surface area contributed by atoms with Gasteiger partial charge in [-0.05, 0) is 124 Å². The number of thiazole rings is 1. The number of anilines is 1. The molecule has 0 bridgehead atoms. The zero-order chi connectivity index (χ0) is 51.1. The molecule has 3 aliphatic heterocycles. The van der Waals surface area contributed by atoms with E-state index < -0.39 is 23.6 Å². The van der Waals surface area contributed by atoms with Gasteiger partial charge < -0.3 is 40.5 Å². The molecule has 17 nitrogen and oxygen atoms in total. The smallest absolute Gasteiger partial charge is 0.253 e. The number of aromatic amines is 1. The number of aryl methyl sites for hydroxylation is 1. The number of phenols is 1. The van der Waals surface area contributed by atoms with Crippen LogP contribution in [0.15, 0.2) is 77.3 Å². The largest absolute Gasteiger partial charge is 0.507 e. The summed E-state index contributed by atoms with van der Waals surface area (Å²) < 4.78 is 0. The molecule has 0 unspecified atom stereocenters. The molecular formula is C55H65N11O6S. The number of aromatic nitrogens is 6. The second-order valence-electron chi connectivity index (χ2n) is 21.5. The molecule has 73 heavy (non-hydrogen) atoms. The Bertz CT molecular complexity index is 3050. The Hall–Kier alpha value is -6.63. The van der Waals surface area contributed by atoms with Gasteiger partial charge in [0, 0.05) is 66.9 Å². The predicted molar refractivity (Wildman–Crippen MR) is 280 cm³/mol. The molecular weight excluding hydrogens is 943 g/mol. The van der Waals surface area contributed by atoms with Crippen molar-refractivity contribution in [2.75, 3.05) is 31.1 Å². The molecule has 7 heterocycles. The molecule has 3 fully saturated rings. The number of phenolic OH excluding ortho intramolecular Hbond substituents is 1. The summed E-state index contributed by atoms with van der Waals surface area (Å²) in [5.41, 5.74) is 8.14. The summed E-state index contributed by atoms with van der Waals surface area (Å²) >= 11 is 1.59. The van der Waals surface area contributed by atoms with Crippen LogP contribution >= 0.6 is 11.3 Å². The Morgan fingerprint density at radius 2 is 1.60 bits per heavy atom. The van der Waals surface area contributed by atoms with Crippen molar-refractivity contribution in [3.05, 3.63) is 111 Å². The normalized spacial score (nSPS) is 21.7. The van der Waals surface area contributed by atoms with Crippen LogP contribution in [-0.4, -0.2) is 118 Å². The SMILES string of the molecule is Cc1ncsc1-c1ccc([C@H](C)NC(=O)[C@@H]2C[C@@H](O)CN2C(=O)[C@@H](NC(=O)C2CCC(N3CCC(c4cnc(N5CCc6c(c7cc(-c8ccccc8O)nnc7[nH]c6=O)C5)nc4)CC3)CC2)C(C)(C)C)cc1. The number of benzene rings is 2. The number of nitrogens with zero attached hydrogens (tertiary/aromatic N) is 8. The second kappa shape index (κ2) is 20.7. The summed E-state index contributed by atoms with van der Waals surface area (Å²) in [6.45, 7) is 12.6. The molecule has 0 radical (unpaired) electrons. The summed E-state index contributed by atoms with van der Waals surface area (Å²) in [5, 5.41) is 36.9. The van der Waals surface area contributed by atoms with Gasteiger partial charge in [0.1, 0.15) is 17.8 Å². The molecule has 2 aromatic carbocycles. The number of hydrogen-bond donors (Lipinski definition) is 5. The zero-order valence-corrected chi connectivity index (χ0v) is 43.0. The van der Waals surface area contributed by atoms with E-state index >= 15 is 0 Å². The molecule has 382 valence electrons. The summed E-state index contributed by atoms with van der Waals surface area (Å²) in [5.74, 6) is -0.000703. The standard InChI is InChI=1S/C55H65N11O6S/c1-31(33-10-12-35(13-11-33)47-32(2)58-30-73-47)59-52(71)45-24-39(67)28-66(45)53(72)48(55(3,4)5)60-50(69)36-14-16-38(17-15-36)64-21-18-34(19-22-64)37-26-56-54(57-27-37)65-23-20-40-43(29-65)42-25-44(41-8-6-7-9-46(41)68)62-63-49(42)61-51(40)70/h6-13,25-27,30-31,34,36,38-39,45,48,67-68H,14-24,28-29H2,1-5H3,(H,59,71)(H,60,69)(H,61,63,70)/t31-,36?,38?,39+,45-,48+/m0/s1. The Balaban J connectivity index is 0.708. The van der Waals surface area contributed by atoms with Crippen LogP contribution in [0.2, 0.25) is 0 Å². The summed E-state index contributed by atoms with van der Waals surface area (Å²) in [4.78, 5) is 79.5. The van der Waals surface area contributed by atoms with Gasteiger partial charge in [-0.3, -0.25) is 19.2 Å². The molecule has 2 saturated heterocycles. The van der Waals surface area contributed by atoms with Gasteiger partial charge in [-0.15, -0.1) is 21.5 Å². The highest BCUT2D eigenvalue weighted by Crippen LogP contribution is 2.36. The number of aromatic hydroxyl groups is 1. The van der Waals surface area contributed by atoms with E-state index in [1.54, 1.807) is 29.5 Å². The number of pyridine rings is 1. The number of amides is 3. The van der Waals surface area contributed by atoms with Crippen molar-refractivity contribution >= 4 is 46.0 Å². The number of β-amino-alcohol motifs (C(OH)–C–C–N with tert-alkyl or cyclic N) is 1. The van der Waals surface area contributed by atoms with Gasteiger partial charge in [-0.1, -0.05) is 57.2 Å². The summed E-state index contributed by atoms with van der Waals surface area (Å²) in [7, 11) is 0. The number of carbonyl (C=O) groups excluding carboxylic acids is 3. The molecule has 5 N–H and O–H groups in total. The Morgan fingerprint density at radius 1 is 0.877 bits per heavy atom. The average Bonchev–Trinajstić information content (AvgIpc) is 4.02. The quantitative estimate of drug-likeness (QED) is 0.0927. The van der Waals surface area contributed by atoms with Crippen LogP contribution in [0.25, 0.3) is 32.7 Å². The van der Waals surface area contributed by atoms with Crippen LogP contribution in [0, 0.1) is 18.3 Å². The van der Waals surface area contributed by atoms with E-state index in [2.05, 4.69) is 40.6 Å². The molecule has 1 aliphatic carbocycles. The van der Waals surface area contributed by atoms with E-state index in [0.29, 0.717) is 59.9 Å². The van der Waals surface area contributed by atoms with Gasteiger partial charge in [-0.25, -0.2) is 15.0 Å². The molecule has 18 heteroatoms. The fourth-order valence-corrected chi connectivity index (χ4v) is 12.2. The first-order valence-electron chi connectivity index (χ1n) is 25.7. The van der Waals surface area contributed by atoms with Crippen molar-refractivity contribution in [2.45, 2.75) is 129 Å². The second-order valence-corrected chi connectivity index (χ2v) is 22.4. The zero-order valence-electron chi connectivity index (χ0n) is 42.2. The van der Waals surface area contributed by atoms with Crippen molar-refractivity contribution < 1.29 is 24.6 Å². The minimum atomic E-state index is -0.876. The van der Waals surface area contributed by atoms with Crippen LogP contribution in [0.3, 0.4) is 0 Å². The highest BCUT2D eigenvalue weighted by molar-refractivity contribution is 7.13. The number of aliphatic hydroxyl groups is 1. The van der Waals surface area contributed by atoms with E-state index in [-0.39, 0.29) is 54.0 Å². The Morgan fingerprint density at radius 3 is 2.29 bits per heavy atom. The maximum absolute atomic E-state index is 14.4. The molecule has 4 aliphatic rings. The van der Waals surface area contributed by atoms with Crippen LogP contribution in [0.4, 0.5) is 5.95 Å². The fourth-order valence-electron chi connectivity index (χ4n) is 11.4. The summed E-state index contributed by atoms with van der Waals surface area (Å²) in [6, 6.07) is 15.2. The number of likely N-dealkylation sites (tertiary alicyclic amines) is 2. The van der Waals surface area contributed by atoms with Crippen molar-refractivity contribution in [2.24, 2.45) is 11.3 Å². The third-order valence-corrected chi connectivity index (χ3v) is 16.7. The third-order valence-electron chi connectivity index (χ3n) is 15.7. The average molecular weight is 1010 g/mol. The molecule has 4 aromatic heterocycles. The van der Waals surface area contributed by atoms with E-state index in [0.717, 1.165) is 89.8 Å². The van der Waals surface area contributed by atoms with Crippen LogP contribution in [-0.2, 0) is 27.3 Å². The number of piperidine rings is 1. The van der Waals surface area contributed by atoms with E-state index in [9.17, 15) is 29.4 Å². The highest BCUT2D eigenvalue weighted by Gasteiger charge is 2.45. The lowest BCUT2D eigenvalue weighted by Gasteiger charge is -2.41. The number of aliphatic hydroxyl groups excluding tert-OH is 1. The van der Waals surface area contributed by atoms with Gasteiger partial charge in [0.15, 0.2) is 5.65 Å². The monoisotopic (exact) mass is 1010 g/mol. The maximum Gasteiger partial charge on any atom is 0.253 e. The minimum Gasteiger partial charge on any atom is -0.507 e. The molecule has 1 saturated carbocycles. The molecule has 6 aromatic rings. The first-order valence-corrected chi connectivity index (χ1v) is 26.6. The van der Waals surface area contributed by atoms with Gasteiger partial charge >= 0.3 is 0 Å². The number of fused-ring (bicyclic) bond motifs is 3. The lowest BCUT2D eigenvalue weighted by atomic mass is 9.81. The number of para-hydroxylation sites is 1. The van der Waals surface area contributed by atoms with E-state index in [1.807, 2.05) is 88.9 Å². The number of carbonyl (C=O) groups is 3. The van der Waals surface area contributed by atoms with Gasteiger partial charge in [0.25, 0.3) is 5.56 Å². The number of nitrogens with one attached hydrogen (secondary N) is 3. The van der Waals surface area contributed by atoms with Crippen molar-refractivity contribution in [3.63, 3.8) is 0 Å². The van der Waals surface area contributed by atoms with Gasteiger partial charge in [-0.2, -0.15) is 0 Å². The fraction of sp³-hybridized carbons (Fsp3) is 0.473. The number of hydrogen-bond acceptors (Lipinski definition) is 14. The number of H-pyrrole nitrogens is 1. The van der Waals surface area contributed by atoms with Crippen LogP contribution < -0.4 is 21.1 Å². The van der Waals surface area contributed by atoms with Crippen molar-refractivity contribution in [3.8, 4) is 27.4 Å². The summed E-state index contributed by atoms with van der Waals surface area (Å²) in [6.07, 6.45) is 8.89. The van der Waals surface area contributed by atoms with Crippen LogP contribution in [0.5, 0.6) is 5.75 Å². The molecule has 0 spiro atoms. The van der Waals surface area contributed by atoms with Gasteiger partial charge in [0.05, 0.1) is 33.9 Å². The highest BCUT2D eigenvalue weighted by atomic mass is 32.1. The Kier molecular flexibility index (Phi) is 14.2. The minimum absolute atomic E-state index is 0.0223. The predicted octanol–water partition coefficient (Wildman–Crippen LogP) is 6.58. The molecule has 3 amide bonds. The molecule has 10 rings (SSSR count). The topological polar surface area (TPSA) is 223 Å². The first-order chi connectivity index (χ1) is 35.1. The lowest BCUT2D eigenvalue weighted by molar-refractivity contribution is -0.145. The van der Waals surface area contributed by atoms with Crippen molar-refractivity contribution in [1.82, 2.24) is 50.6 Å². The first kappa shape index (κ1) is 49.9. The maximum atomic E-state index is 14.4.